The van der Waals surface area contributed by atoms with Crippen molar-refractivity contribution >= 4 is 29.4 Å². The van der Waals surface area contributed by atoms with Gasteiger partial charge in [0.05, 0.1) is 17.6 Å². The number of nitro groups is 1. The molecule has 0 radical (unpaired) electrons. The number of carbonyl (C=O) groups is 2. The Hall–Kier alpha value is -2.87. The summed E-state index contributed by atoms with van der Waals surface area (Å²) in [5.41, 5.74) is -0.312. The molecule has 2 rings (SSSR count). The van der Waals surface area contributed by atoms with Gasteiger partial charge in [-0.05, 0) is 36.4 Å². The number of aromatic carboxylic acids is 1. The van der Waals surface area contributed by atoms with Crippen LogP contribution in [0, 0.1) is 10.1 Å². The summed E-state index contributed by atoms with van der Waals surface area (Å²) in [5.74, 6) is -1.81. The first kappa shape index (κ1) is 16.5. The second-order valence-electron chi connectivity index (χ2n) is 4.36. The van der Waals surface area contributed by atoms with Crippen molar-refractivity contribution < 1.29 is 24.4 Å². The molecule has 0 aliphatic carbocycles. The largest absolute Gasteiger partial charge is 0.478 e. The summed E-state index contributed by atoms with van der Waals surface area (Å²) < 4.78 is 4.52. The minimum absolute atomic E-state index is 0.122. The molecule has 0 heterocycles. The van der Waals surface area contributed by atoms with Crippen LogP contribution in [0.15, 0.2) is 52.3 Å². The van der Waals surface area contributed by atoms with Gasteiger partial charge in [-0.2, -0.15) is 0 Å². The Morgan fingerprint density at radius 2 is 1.74 bits per heavy atom. The molecule has 0 aliphatic rings. The molecule has 0 spiro atoms. The van der Waals surface area contributed by atoms with Crippen molar-refractivity contribution in [3.63, 3.8) is 0 Å². The highest BCUT2D eigenvalue weighted by atomic mass is 32.2. The maximum atomic E-state index is 11.5. The van der Waals surface area contributed by atoms with Gasteiger partial charge >= 0.3 is 11.9 Å². The Morgan fingerprint density at radius 3 is 2.26 bits per heavy atom. The Balaban J connectivity index is 2.30. The summed E-state index contributed by atoms with van der Waals surface area (Å²) in [7, 11) is 1.15. The molecule has 1 N–H and O–H groups in total. The summed E-state index contributed by atoms with van der Waals surface area (Å²) in [5, 5.41) is 19.9. The molecule has 0 saturated carbocycles. The molecule has 7 nitrogen and oxygen atoms in total. The molecule has 2 aromatic rings. The van der Waals surface area contributed by atoms with Crippen molar-refractivity contribution in [2.24, 2.45) is 0 Å². The number of esters is 1. The lowest BCUT2D eigenvalue weighted by atomic mass is 10.2. The first-order valence-corrected chi connectivity index (χ1v) is 7.12. The lowest BCUT2D eigenvalue weighted by Gasteiger charge is -2.05. The van der Waals surface area contributed by atoms with Crippen molar-refractivity contribution in [3.8, 4) is 0 Å². The molecule has 0 aromatic heterocycles. The van der Waals surface area contributed by atoms with E-state index in [0.29, 0.717) is 4.90 Å². The lowest BCUT2D eigenvalue weighted by molar-refractivity contribution is -0.385. The third kappa shape index (κ3) is 3.86. The van der Waals surface area contributed by atoms with Crippen LogP contribution in [0.25, 0.3) is 0 Å². The normalized spacial score (nSPS) is 10.1. The number of hydrogen-bond donors (Lipinski definition) is 1. The standard InChI is InChI=1S/C15H11NO6S/c1-22-15(19)12-7-6-11(8-13(12)16(20)21)23-10-4-2-9(3-5-10)14(17)18/h2-8H,1H3,(H,17,18). The summed E-state index contributed by atoms with van der Waals surface area (Å²) in [4.78, 5) is 34.0. The smallest absolute Gasteiger partial charge is 0.344 e. The van der Waals surface area contributed by atoms with Crippen LogP contribution in [0.3, 0.4) is 0 Å². The van der Waals surface area contributed by atoms with Crippen LogP contribution in [-0.4, -0.2) is 29.1 Å². The number of ether oxygens (including phenoxy) is 1. The molecule has 0 saturated heterocycles. The van der Waals surface area contributed by atoms with E-state index >= 15 is 0 Å². The predicted octanol–water partition coefficient (Wildman–Crippen LogP) is 3.23. The van der Waals surface area contributed by atoms with Gasteiger partial charge in [-0.25, -0.2) is 9.59 Å². The van der Waals surface area contributed by atoms with Gasteiger partial charge in [0.15, 0.2) is 0 Å². The lowest BCUT2D eigenvalue weighted by Crippen LogP contribution is -2.05. The van der Waals surface area contributed by atoms with E-state index in [1.54, 1.807) is 18.2 Å². The fraction of sp³-hybridized carbons (Fsp3) is 0.0667. The van der Waals surface area contributed by atoms with Crippen LogP contribution < -0.4 is 0 Å². The van der Waals surface area contributed by atoms with E-state index in [-0.39, 0.29) is 16.8 Å². The molecular weight excluding hydrogens is 322 g/mol. The number of nitro benzene ring substituents is 1. The molecule has 8 heteroatoms. The quantitative estimate of drug-likeness (QED) is 0.508. The molecule has 0 amide bonds. The number of carboxylic acid groups (broad SMARTS) is 1. The van der Waals surface area contributed by atoms with Gasteiger partial charge in [-0.1, -0.05) is 11.8 Å². The van der Waals surface area contributed by atoms with Crippen LogP contribution in [0.4, 0.5) is 5.69 Å². The number of hydrogen-bond acceptors (Lipinski definition) is 6. The maximum Gasteiger partial charge on any atom is 0.344 e. The average molecular weight is 333 g/mol. The van der Waals surface area contributed by atoms with Crippen molar-refractivity contribution in [1.82, 2.24) is 0 Å². The van der Waals surface area contributed by atoms with E-state index < -0.39 is 16.9 Å². The number of rotatable bonds is 5. The number of methoxy groups -OCH3 is 1. The minimum atomic E-state index is -1.03. The monoisotopic (exact) mass is 333 g/mol. The van der Waals surface area contributed by atoms with Crippen molar-refractivity contribution in [3.05, 3.63) is 63.7 Å². The van der Waals surface area contributed by atoms with Crippen molar-refractivity contribution in [2.75, 3.05) is 7.11 Å². The van der Waals surface area contributed by atoms with Crippen LogP contribution in [0.5, 0.6) is 0 Å². The molecule has 0 aliphatic heterocycles. The zero-order valence-electron chi connectivity index (χ0n) is 11.9. The van der Waals surface area contributed by atoms with Gasteiger partial charge in [0.25, 0.3) is 5.69 Å². The molecule has 0 unspecified atom stereocenters. The highest BCUT2D eigenvalue weighted by Gasteiger charge is 2.21. The first-order valence-electron chi connectivity index (χ1n) is 6.30. The Kier molecular flexibility index (Phi) is 4.97. The van der Waals surface area contributed by atoms with Gasteiger partial charge < -0.3 is 9.84 Å². The van der Waals surface area contributed by atoms with Gasteiger partial charge in [-0.15, -0.1) is 0 Å². The first-order chi connectivity index (χ1) is 10.9. The topological polar surface area (TPSA) is 107 Å². The SMILES string of the molecule is COC(=O)c1ccc(Sc2ccc(C(=O)O)cc2)cc1[N+](=O)[O-]. The number of carbonyl (C=O) groups excluding carboxylic acids is 1. The third-order valence-corrected chi connectivity index (χ3v) is 3.91. The predicted molar refractivity (Wildman–Crippen MR) is 82.0 cm³/mol. The van der Waals surface area contributed by atoms with Crippen molar-refractivity contribution in [2.45, 2.75) is 9.79 Å². The van der Waals surface area contributed by atoms with Crippen molar-refractivity contribution in [1.29, 1.82) is 0 Å². The second kappa shape index (κ2) is 6.93. The van der Waals surface area contributed by atoms with Gasteiger partial charge in [0.2, 0.25) is 0 Å². The van der Waals surface area contributed by atoms with E-state index in [4.69, 9.17) is 5.11 Å². The van der Waals surface area contributed by atoms with E-state index in [1.807, 2.05) is 0 Å². The van der Waals surface area contributed by atoms with Gasteiger partial charge in [0, 0.05) is 15.9 Å². The summed E-state index contributed by atoms with van der Waals surface area (Å²) in [6.45, 7) is 0. The summed E-state index contributed by atoms with van der Waals surface area (Å²) in [6.07, 6.45) is 0. The summed E-state index contributed by atoms with van der Waals surface area (Å²) >= 11 is 1.22. The molecule has 2 aromatic carbocycles. The highest BCUT2D eigenvalue weighted by molar-refractivity contribution is 7.99. The molecule has 118 valence electrons. The average Bonchev–Trinajstić information content (AvgIpc) is 2.54. The molecular formula is C15H11NO6S. The van der Waals surface area contributed by atoms with E-state index in [2.05, 4.69) is 4.74 Å². The third-order valence-electron chi connectivity index (χ3n) is 2.91. The number of carboxylic acids is 1. The highest BCUT2D eigenvalue weighted by Crippen LogP contribution is 2.32. The van der Waals surface area contributed by atoms with Gasteiger partial charge in [0.1, 0.15) is 5.56 Å². The fourth-order valence-corrected chi connectivity index (χ4v) is 2.66. The van der Waals surface area contributed by atoms with Crippen LogP contribution in [0.2, 0.25) is 0 Å². The molecule has 0 bridgehead atoms. The van der Waals surface area contributed by atoms with Crippen LogP contribution in [0.1, 0.15) is 20.7 Å². The molecule has 23 heavy (non-hydrogen) atoms. The van der Waals surface area contributed by atoms with Crippen LogP contribution in [-0.2, 0) is 4.74 Å². The van der Waals surface area contributed by atoms with E-state index in [9.17, 15) is 19.7 Å². The minimum Gasteiger partial charge on any atom is -0.478 e. The van der Waals surface area contributed by atoms with Crippen LogP contribution >= 0.6 is 11.8 Å². The van der Waals surface area contributed by atoms with E-state index in [0.717, 1.165) is 12.0 Å². The number of nitrogens with zero attached hydrogens (tertiary/aromatic N) is 1. The zero-order valence-corrected chi connectivity index (χ0v) is 12.7. The van der Waals surface area contributed by atoms with E-state index in [1.165, 1.54) is 36.0 Å². The van der Waals surface area contributed by atoms with Gasteiger partial charge in [-0.3, -0.25) is 10.1 Å². The summed E-state index contributed by atoms with van der Waals surface area (Å²) in [6, 6.07) is 10.3. The fourth-order valence-electron chi connectivity index (χ4n) is 1.81. The maximum absolute atomic E-state index is 11.5. The Bertz CT molecular complexity index is 772. The Labute approximate surface area is 135 Å². The zero-order chi connectivity index (χ0) is 17.0. The molecule has 0 atom stereocenters. The Morgan fingerprint density at radius 1 is 1.13 bits per heavy atom. The second-order valence-corrected chi connectivity index (χ2v) is 5.51. The molecule has 0 fully saturated rings. The number of benzene rings is 2.